The molecule has 134 valence electrons. The van der Waals surface area contributed by atoms with Crippen LogP contribution in [0.2, 0.25) is 0 Å². The number of benzene rings is 1. The van der Waals surface area contributed by atoms with Crippen molar-refractivity contribution in [2.24, 2.45) is 5.92 Å². The van der Waals surface area contributed by atoms with Crippen LogP contribution in [-0.2, 0) is 16.1 Å². The van der Waals surface area contributed by atoms with Gasteiger partial charge in [0.1, 0.15) is 0 Å². The molecule has 1 aliphatic carbocycles. The van der Waals surface area contributed by atoms with Gasteiger partial charge in [-0.15, -0.1) is 0 Å². The zero-order chi connectivity index (χ0) is 17.8. The van der Waals surface area contributed by atoms with E-state index in [1.165, 1.54) is 0 Å². The Hall–Kier alpha value is -2.34. The number of nitrogens with zero attached hydrogens (tertiary/aromatic N) is 1. The summed E-state index contributed by atoms with van der Waals surface area (Å²) in [6.07, 6.45) is 5.32. The Labute approximate surface area is 147 Å². The molecule has 2 atom stereocenters. The van der Waals surface area contributed by atoms with Gasteiger partial charge in [0, 0.05) is 41.8 Å². The molecule has 1 fully saturated rings. The van der Waals surface area contributed by atoms with Crippen LogP contribution in [0.4, 0.5) is 5.69 Å². The number of fused-ring (bicyclic) bond motifs is 1. The molecule has 3 N–H and O–H groups in total. The molecule has 0 spiro atoms. The first-order valence-corrected chi connectivity index (χ1v) is 8.94. The number of nitrogens with one attached hydrogen (secondary N) is 2. The van der Waals surface area contributed by atoms with Crippen LogP contribution in [0.1, 0.15) is 32.6 Å². The molecule has 1 saturated carbocycles. The van der Waals surface area contributed by atoms with Crippen molar-refractivity contribution in [3.63, 3.8) is 0 Å². The van der Waals surface area contributed by atoms with Gasteiger partial charge in [-0.1, -0.05) is 13.3 Å². The Morgan fingerprint density at radius 1 is 1.24 bits per heavy atom. The molecular weight excluding hydrogens is 318 g/mol. The fourth-order valence-electron chi connectivity index (χ4n) is 3.46. The second-order valence-electron chi connectivity index (χ2n) is 6.71. The number of aryl methyl sites for hydroxylation is 1. The number of hydrogen-bond acceptors (Lipinski definition) is 3. The lowest BCUT2D eigenvalue weighted by Gasteiger charge is -2.14. The summed E-state index contributed by atoms with van der Waals surface area (Å²) in [6, 6.07) is 7.63. The van der Waals surface area contributed by atoms with Crippen LogP contribution in [0.15, 0.2) is 30.5 Å². The second kappa shape index (κ2) is 7.70. The smallest absolute Gasteiger partial charge is 0.313 e. The predicted molar refractivity (Wildman–Crippen MR) is 97.2 cm³/mol. The van der Waals surface area contributed by atoms with Crippen LogP contribution in [0.3, 0.4) is 0 Å². The van der Waals surface area contributed by atoms with Crippen LogP contribution in [0, 0.1) is 5.92 Å². The maximum Gasteiger partial charge on any atom is 0.313 e. The molecule has 25 heavy (non-hydrogen) atoms. The fourth-order valence-corrected chi connectivity index (χ4v) is 3.46. The summed E-state index contributed by atoms with van der Waals surface area (Å²) in [5.74, 6) is -1.30. The maximum absolute atomic E-state index is 12.1. The monoisotopic (exact) mass is 343 g/mol. The van der Waals surface area contributed by atoms with Gasteiger partial charge >= 0.3 is 11.8 Å². The number of carbonyl (C=O) groups excluding carboxylic acids is 2. The molecule has 2 amide bonds. The quantitative estimate of drug-likeness (QED) is 0.728. The summed E-state index contributed by atoms with van der Waals surface area (Å²) >= 11 is 0. The number of hydrogen-bond donors (Lipinski definition) is 3. The molecule has 1 aliphatic rings. The third-order valence-corrected chi connectivity index (χ3v) is 4.84. The van der Waals surface area contributed by atoms with Gasteiger partial charge in [-0.3, -0.25) is 9.59 Å². The van der Waals surface area contributed by atoms with Gasteiger partial charge in [0.15, 0.2) is 0 Å². The highest BCUT2D eigenvalue weighted by atomic mass is 16.3. The van der Waals surface area contributed by atoms with Gasteiger partial charge < -0.3 is 20.3 Å². The topological polar surface area (TPSA) is 83.4 Å². The van der Waals surface area contributed by atoms with E-state index in [1.54, 1.807) is 6.07 Å². The predicted octanol–water partition coefficient (Wildman–Crippen LogP) is 2.27. The molecule has 1 heterocycles. The molecule has 0 saturated heterocycles. The van der Waals surface area contributed by atoms with E-state index < -0.39 is 11.8 Å². The van der Waals surface area contributed by atoms with Crippen molar-refractivity contribution in [2.75, 3.05) is 11.9 Å². The number of aliphatic hydroxyl groups excluding tert-OH is 1. The van der Waals surface area contributed by atoms with E-state index in [4.69, 9.17) is 0 Å². The number of amides is 2. The normalized spacial score (nSPS) is 19.9. The van der Waals surface area contributed by atoms with E-state index in [2.05, 4.69) is 22.1 Å². The molecule has 6 heteroatoms. The zero-order valence-corrected chi connectivity index (χ0v) is 14.5. The van der Waals surface area contributed by atoms with Crippen molar-refractivity contribution < 1.29 is 14.7 Å². The van der Waals surface area contributed by atoms with Gasteiger partial charge in [0.2, 0.25) is 0 Å². The molecule has 0 bridgehead atoms. The minimum atomic E-state index is -0.681. The van der Waals surface area contributed by atoms with Crippen molar-refractivity contribution in [3.8, 4) is 0 Å². The summed E-state index contributed by atoms with van der Waals surface area (Å²) in [6.45, 7) is 3.42. The van der Waals surface area contributed by atoms with Crippen LogP contribution < -0.4 is 10.6 Å². The van der Waals surface area contributed by atoms with Crippen molar-refractivity contribution >= 4 is 28.4 Å². The van der Waals surface area contributed by atoms with Crippen LogP contribution in [0.5, 0.6) is 0 Å². The van der Waals surface area contributed by atoms with Gasteiger partial charge in [-0.25, -0.2) is 0 Å². The standard InChI is InChI=1S/C19H25N3O3/c1-2-9-22-10-8-13-11-15(6-7-16(13)22)21-19(25)18(24)20-12-14-4-3-5-17(14)23/h6-8,10-11,14,17,23H,2-5,9,12H2,1H3,(H,20,24)(H,21,25). The highest BCUT2D eigenvalue weighted by molar-refractivity contribution is 6.39. The first kappa shape index (κ1) is 17.5. The van der Waals surface area contributed by atoms with Gasteiger partial charge in [-0.2, -0.15) is 0 Å². The molecular formula is C19H25N3O3. The van der Waals surface area contributed by atoms with Gasteiger partial charge in [-0.05, 0) is 43.5 Å². The van der Waals surface area contributed by atoms with Gasteiger partial charge in [0.05, 0.1) is 6.10 Å². The summed E-state index contributed by atoms with van der Waals surface area (Å²) in [4.78, 5) is 24.0. The summed E-state index contributed by atoms with van der Waals surface area (Å²) in [5.41, 5.74) is 1.71. The van der Waals surface area contributed by atoms with E-state index in [0.29, 0.717) is 12.2 Å². The number of carbonyl (C=O) groups is 2. The van der Waals surface area contributed by atoms with E-state index in [0.717, 1.165) is 43.1 Å². The van der Waals surface area contributed by atoms with E-state index >= 15 is 0 Å². The number of anilines is 1. The summed E-state index contributed by atoms with van der Waals surface area (Å²) in [5, 5.41) is 16.0. The molecule has 6 nitrogen and oxygen atoms in total. The van der Waals surface area contributed by atoms with Gasteiger partial charge in [0.25, 0.3) is 0 Å². The van der Waals surface area contributed by atoms with Crippen molar-refractivity contribution in [1.29, 1.82) is 0 Å². The molecule has 2 aromatic rings. The van der Waals surface area contributed by atoms with Crippen molar-refractivity contribution in [3.05, 3.63) is 30.5 Å². The summed E-state index contributed by atoms with van der Waals surface area (Å²) < 4.78 is 2.17. The summed E-state index contributed by atoms with van der Waals surface area (Å²) in [7, 11) is 0. The first-order chi connectivity index (χ1) is 12.1. The number of aliphatic hydroxyl groups is 1. The Kier molecular flexibility index (Phi) is 5.38. The fraction of sp³-hybridized carbons (Fsp3) is 0.474. The minimum Gasteiger partial charge on any atom is -0.393 e. The molecule has 1 aromatic carbocycles. The van der Waals surface area contributed by atoms with Crippen LogP contribution >= 0.6 is 0 Å². The van der Waals surface area contributed by atoms with Crippen LogP contribution in [0.25, 0.3) is 10.9 Å². The molecule has 1 aromatic heterocycles. The first-order valence-electron chi connectivity index (χ1n) is 8.94. The van der Waals surface area contributed by atoms with Crippen molar-refractivity contribution in [1.82, 2.24) is 9.88 Å². The Bertz CT molecular complexity index is 768. The zero-order valence-electron chi connectivity index (χ0n) is 14.5. The largest absolute Gasteiger partial charge is 0.393 e. The number of aromatic nitrogens is 1. The highest BCUT2D eigenvalue weighted by Gasteiger charge is 2.26. The van der Waals surface area contributed by atoms with E-state index in [9.17, 15) is 14.7 Å². The minimum absolute atomic E-state index is 0.0476. The third-order valence-electron chi connectivity index (χ3n) is 4.84. The molecule has 2 unspecified atom stereocenters. The lowest BCUT2D eigenvalue weighted by molar-refractivity contribution is -0.136. The lowest BCUT2D eigenvalue weighted by Crippen LogP contribution is -2.39. The Morgan fingerprint density at radius 2 is 2.08 bits per heavy atom. The molecule has 3 rings (SSSR count). The lowest BCUT2D eigenvalue weighted by atomic mass is 10.1. The SMILES string of the molecule is CCCn1ccc2cc(NC(=O)C(=O)NCC3CCCC3O)ccc21. The molecule has 0 radical (unpaired) electrons. The average Bonchev–Trinajstić information content (AvgIpc) is 3.19. The Morgan fingerprint density at radius 3 is 2.80 bits per heavy atom. The van der Waals surface area contributed by atoms with Crippen LogP contribution in [-0.4, -0.2) is 34.1 Å². The van der Waals surface area contributed by atoms with E-state index in [-0.39, 0.29) is 12.0 Å². The second-order valence-corrected chi connectivity index (χ2v) is 6.71. The highest BCUT2D eigenvalue weighted by Crippen LogP contribution is 2.24. The third kappa shape index (κ3) is 4.02. The molecule has 0 aliphatic heterocycles. The Balaban J connectivity index is 1.58. The number of rotatable bonds is 5. The van der Waals surface area contributed by atoms with E-state index in [1.807, 2.05) is 24.4 Å². The maximum atomic E-state index is 12.1. The average molecular weight is 343 g/mol. The van der Waals surface area contributed by atoms with Crippen molar-refractivity contribution in [2.45, 2.75) is 45.3 Å².